The quantitative estimate of drug-likeness (QED) is 0.561. The molecule has 1 nitrogen and oxygen atoms in total. The van der Waals surface area contributed by atoms with Crippen LogP contribution in [0.4, 0.5) is 0 Å². The van der Waals surface area contributed by atoms with E-state index >= 15 is 0 Å². The van der Waals surface area contributed by atoms with Crippen LogP contribution in [-0.4, -0.2) is 28.2 Å². The minimum absolute atomic E-state index is 0. The molecule has 0 aliphatic carbocycles. The Morgan fingerprint density at radius 1 is 1.11 bits per heavy atom. The molecule has 0 fully saturated rings. The predicted octanol–water partition coefficient (Wildman–Crippen LogP) is 0.798. The summed E-state index contributed by atoms with van der Waals surface area (Å²) in [6.07, 6.45) is 0. The number of benzene rings is 1. The molecule has 1 N–H and O–H groups in total. The van der Waals surface area contributed by atoms with E-state index in [0.29, 0.717) is 0 Å². The van der Waals surface area contributed by atoms with Crippen molar-refractivity contribution < 1.29 is 5.11 Å². The van der Waals surface area contributed by atoms with E-state index in [1.54, 1.807) is 0 Å². The lowest BCUT2D eigenvalue weighted by molar-refractivity contribution is 0.282. The SMILES string of the molecule is OCc1ccccc1.[Mg]. The van der Waals surface area contributed by atoms with E-state index in [1.165, 1.54) is 0 Å². The van der Waals surface area contributed by atoms with E-state index in [9.17, 15) is 0 Å². The third kappa shape index (κ3) is 2.84. The van der Waals surface area contributed by atoms with E-state index in [-0.39, 0.29) is 29.7 Å². The molecular formula is C7H8MgO. The maximum Gasteiger partial charge on any atom is 0.0681 e. The normalized spacial score (nSPS) is 8.11. The van der Waals surface area contributed by atoms with Gasteiger partial charge >= 0.3 is 0 Å². The van der Waals surface area contributed by atoms with Crippen LogP contribution in [0.1, 0.15) is 5.56 Å². The van der Waals surface area contributed by atoms with Gasteiger partial charge in [-0.25, -0.2) is 0 Å². The maximum absolute atomic E-state index is 8.54. The molecule has 0 heterocycles. The predicted molar refractivity (Wildman–Crippen MR) is 38.1 cm³/mol. The lowest BCUT2D eigenvalue weighted by Gasteiger charge is -1.89. The van der Waals surface area contributed by atoms with Gasteiger partial charge in [-0.2, -0.15) is 0 Å². The van der Waals surface area contributed by atoms with E-state index in [1.807, 2.05) is 30.3 Å². The first-order valence-electron chi connectivity index (χ1n) is 2.58. The summed E-state index contributed by atoms with van der Waals surface area (Å²) in [6, 6.07) is 9.52. The summed E-state index contributed by atoms with van der Waals surface area (Å²) in [5, 5.41) is 8.54. The Labute approximate surface area is 70.9 Å². The fourth-order valence-corrected chi connectivity index (χ4v) is 0.583. The average molecular weight is 132 g/mol. The van der Waals surface area contributed by atoms with Gasteiger partial charge in [-0.3, -0.25) is 0 Å². The van der Waals surface area contributed by atoms with E-state index in [2.05, 4.69) is 0 Å². The summed E-state index contributed by atoms with van der Waals surface area (Å²) < 4.78 is 0. The molecular weight excluding hydrogens is 124 g/mol. The molecule has 0 atom stereocenters. The van der Waals surface area contributed by atoms with Crippen molar-refractivity contribution in [2.45, 2.75) is 6.61 Å². The fraction of sp³-hybridized carbons (Fsp3) is 0.143. The number of hydrogen-bond acceptors (Lipinski definition) is 1. The van der Waals surface area contributed by atoms with Crippen molar-refractivity contribution in [3.63, 3.8) is 0 Å². The van der Waals surface area contributed by atoms with Gasteiger partial charge in [-0.05, 0) is 5.56 Å². The van der Waals surface area contributed by atoms with E-state index in [0.717, 1.165) is 5.56 Å². The largest absolute Gasteiger partial charge is 0.392 e. The Bertz CT molecular complexity index is 150. The van der Waals surface area contributed by atoms with Crippen molar-refractivity contribution in [1.82, 2.24) is 0 Å². The molecule has 0 aromatic heterocycles. The first kappa shape index (κ1) is 8.95. The fourth-order valence-electron chi connectivity index (χ4n) is 0.583. The van der Waals surface area contributed by atoms with Crippen LogP contribution in [0.25, 0.3) is 0 Å². The molecule has 44 valence electrons. The Hall–Kier alpha value is -0.0538. The molecule has 1 aromatic carbocycles. The number of aliphatic hydroxyl groups excluding tert-OH is 1. The summed E-state index contributed by atoms with van der Waals surface area (Å²) in [5.41, 5.74) is 0.965. The van der Waals surface area contributed by atoms with Crippen molar-refractivity contribution in [2.24, 2.45) is 0 Å². The lowest BCUT2D eigenvalue weighted by Crippen LogP contribution is -1.77. The molecule has 0 unspecified atom stereocenters. The van der Waals surface area contributed by atoms with E-state index < -0.39 is 0 Å². The number of aliphatic hydroxyl groups is 1. The van der Waals surface area contributed by atoms with Crippen LogP contribution in [0.5, 0.6) is 0 Å². The molecule has 0 saturated heterocycles. The van der Waals surface area contributed by atoms with Crippen LogP contribution < -0.4 is 0 Å². The Kier molecular flexibility index (Phi) is 4.76. The van der Waals surface area contributed by atoms with Gasteiger partial charge < -0.3 is 5.11 Å². The topological polar surface area (TPSA) is 20.2 Å². The monoisotopic (exact) mass is 132 g/mol. The van der Waals surface area contributed by atoms with Gasteiger partial charge in [0.1, 0.15) is 0 Å². The Morgan fingerprint density at radius 3 is 2.00 bits per heavy atom. The molecule has 0 amide bonds. The molecule has 0 aliphatic heterocycles. The smallest absolute Gasteiger partial charge is 0.0681 e. The molecule has 2 heteroatoms. The summed E-state index contributed by atoms with van der Waals surface area (Å²) in [5.74, 6) is 0. The van der Waals surface area contributed by atoms with Crippen molar-refractivity contribution in [2.75, 3.05) is 0 Å². The van der Waals surface area contributed by atoms with Crippen LogP contribution in [0.3, 0.4) is 0 Å². The van der Waals surface area contributed by atoms with Crippen molar-refractivity contribution in [3.05, 3.63) is 35.9 Å². The third-order valence-electron chi connectivity index (χ3n) is 1.03. The number of hydrogen-bond donors (Lipinski definition) is 1. The maximum atomic E-state index is 8.54. The summed E-state index contributed by atoms with van der Waals surface area (Å²) in [7, 11) is 0. The highest BCUT2D eigenvalue weighted by atomic mass is 24.3. The second-order valence-electron chi connectivity index (χ2n) is 1.64. The van der Waals surface area contributed by atoms with Gasteiger partial charge in [-0.15, -0.1) is 0 Å². The van der Waals surface area contributed by atoms with Crippen LogP contribution in [-0.2, 0) is 6.61 Å². The summed E-state index contributed by atoms with van der Waals surface area (Å²) in [4.78, 5) is 0. The van der Waals surface area contributed by atoms with E-state index in [4.69, 9.17) is 5.11 Å². The number of rotatable bonds is 1. The first-order valence-corrected chi connectivity index (χ1v) is 2.58. The minimum atomic E-state index is 0. The van der Waals surface area contributed by atoms with Crippen molar-refractivity contribution in [3.8, 4) is 0 Å². The minimum Gasteiger partial charge on any atom is -0.392 e. The van der Waals surface area contributed by atoms with Gasteiger partial charge in [0.25, 0.3) is 0 Å². The Morgan fingerprint density at radius 2 is 1.67 bits per heavy atom. The first-order chi connectivity index (χ1) is 3.93. The average Bonchev–Trinajstić information content (AvgIpc) is 1.90. The van der Waals surface area contributed by atoms with Crippen LogP contribution in [0.2, 0.25) is 0 Å². The van der Waals surface area contributed by atoms with Gasteiger partial charge in [0.2, 0.25) is 0 Å². The molecule has 1 aromatic rings. The van der Waals surface area contributed by atoms with Crippen molar-refractivity contribution >= 4 is 23.1 Å². The molecule has 9 heavy (non-hydrogen) atoms. The zero-order valence-corrected chi connectivity index (χ0v) is 6.66. The van der Waals surface area contributed by atoms with Crippen LogP contribution >= 0.6 is 0 Å². The summed E-state index contributed by atoms with van der Waals surface area (Å²) in [6.45, 7) is 0.140. The van der Waals surface area contributed by atoms with Crippen LogP contribution in [0, 0.1) is 0 Å². The van der Waals surface area contributed by atoms with Gasteiger partial charge in [0.15, 0.2) is 0 Å². The van der Waals surface area contributed by atoms with Crippen LogP contribution in [0.15, 0.2) is 30.3 Å². The summed E-state index contributed by atoms with van der Waals surface area (Å²) >= 11 is 0. The molecule has 0 bridgehead atoms. The standard InChI is InChI=1S/C7H8O.Mg/c8-6-7-4-2-1-3-5-7;/h1-5,8H,6H2;. The van der Waals surface area contributed by atoms with Crippen molar-refractivity contribution in [1.29, 1.82) is 0 Å². The van der Waals surface area contributed by atoms with Gasteiger partial charge in [0.05, 0.1) is 6.61 Å². The third-order valence-corrected chi connectivity index (χ3v) is 1.03. The lowest BCUT2D eigenvalue weighted by atomic mass is 10.2. The van der Waals surface area contributed by atoms with Gasteiger partial charge in [0, 0.05) is 23.1 Å². The van der Waals surface area contributed by atoms with Gasteiger partial charge in [-0.1, -0.05) is 30.3 Å². The molecule has 0 aliphatic rings. The zero-order chi connectivity index (χ0) is 5.82. The highest BCUT2D eigenvalue weighted by Gasteiger charge is 1.81. The molecule has 1 rings (SSSR count). The zero-order valence-electron chi connectivity index (χ0n) is 5.25. The highest BCUT2D eigenvalue weighted by molar-refractivity contribution is 5.75. The molecule has 0 saturated carbocycles. The second kappa shape index (κ2) is 4.79. The second-order valence-corrected chi connectivity index (χ2v) is 1.64. The molecule has 0 spiro atoms. The highest BCUT2D eigenvalue weighted by Crippen LogP contribution is 1.95. The molecule has 2 radical (unpaired) electrons. The Balaban J connectivity index is 0.000000640.